The van der Waals surface area contributed by atoms with E-state index in [4.69, 9.17) is 14.8 Å². The lowest BCUT2D eigenvalue weighted by atomic mass is 9.95. The van der Waals surface area contributed by atoms with Crippen molar-refractivity contribution in [3.63, 3.8) is 0 Å². The molecule has 2 rings (SSSR count). The van der Waals surface area contributed by atoms with E-state index in [1.165, 1.54) is 0 Å². The number of imidazole rings is 1. The molecule has 5 heteroatoms. The first kappa shape index (κ1) is 15.5. The summed E-state index contributed by atoms with van der Waals surface area (Å²) in [6.07, 6.45) is 0.863. The Morgan fingerprint density at radius 2 is 2.10 bits per heavy atom. The lowest BCUT2D eigenvalue weighted by Gasteiger charge is -2.20. The van der Waals surface area contributed by atoms with E-state index < -0.39 is 5.97 Å². The number of carbonyl (C=O) groups is 1. The molecule has 0 bridgehead atoms. The number of aromatic carboxylic acids is 1. The summed E-state index contributed by atoms with van der Waals surface area (Å²) in [5.41, 5.74) is 1.89. The summed E-state index contributed by atoms with van der Waals surface area (Å²) >= 11 is 0. The van der Waals surface area contributed by atoms with Crippen LogP contribution in [0.1, 0.15) is 43.4 Å². The number of carboxylic acids is 1. The minimum atomic E-state index is -0.918. The van der Waals surface area contributed by atoms with Crippen molar-refractivity contribution in [2.75, 3.05) is 13.7 Å². The van der Waals surface area contributed by atoms with Gasteiger partial charge in [-0.1, -0.05) is 20.8 Å². The van der Waals surface area contributed by atoms with Crippen molar-refractivity contribution < 1.29 is 14.6 Å². The van der Waals surface area contributed by atoms with Crippen molar-refractivity contribution in [2.24, 2.45) is 0 Å². The van der Waals surface area contributed by atoms with Crippen molar-refractivity contribution in [1.82, 2.24) is 9.55 Å². The molecule has 1 heterocycles. The molecule has 1 N–H and O–H groups in total. The molecule has 0 saturated heterocycles. The van der Waals surface area contributed by atoms with Gasteiger partial charge in [0.25, 0.3) is 0 Å². The number of aryl methyl sites for hydroxylation is 1. The number of hydrogen-bond donors (Lipinski definition) is 1. The molecule has 114 valence electrons. The Hall–Kier alpha value is -1.88. The number of ether oxygens (including phenoxy) is 1. The largest absolute Gasteiger partial charge is 0.478 e. The maximum Gasteiger partial charge on any atom is 0.335 e. The lowest BCUT2D eigenvalue weighted by molar-refractivity contribution is 0.0697. The van der Waals surface area contributed by atoms with Crippen LogP contribution in [0.2, 0.25) is 0 Å². The third-order valence-electron chi connectivity index (χ3n) is 3.40. The predicted octanol–water partition coefficient (Wildman–Crippen LogP) is 3.07. The first-order valence-electron chi connectivity index (χ1n) is 7.07. The smallest absolute Gasteiger partial charge is 0.335 e. The number of carboxylic acid groups (broad SMARTS) is 1. The summed E-state index contributed by atoms with van der Waals surface area (Å²) in [4.78, 5) is 15.9. The number of hydrogen-bond acceptors (Lipinski definition) is 3. The quantitative estimate of drug-likeness (QED) is 0.860. The van der Waals surface area contributed by atoms with Crippen LogP contribution in [0.25, 0.3) is 11.0 Å². The highest BCUT2D eigenvalue weighted by atomic mass is 16.5. The zero-order chi connectivity index (χ0) is 15.6. The fraction of sp³-hybridized carbons (Fsp3) is 0.500. The summed E-state index contributed by atoms with van der Waals surface area (Å²) in [6.45, 7) is 7.76. The van der Waals surface area contributed by atoms with Crippen LogP contribution in [0.15, 0.2) is 18.2 Å². The van der Waals surface area contributed by atoms with E-state index in [1.54, 1.807) is 25.3 Å². The number of benzene rings is 1. The second-order valence-electron chi connectivity index (χ2n) is 6.19. The van der Waals surface area contributed by atoms with E-state index in [0.717, 1.165) is 29.8 Å². The number of fused-ring (bicyclic) bond motifs is 1. The number of methoxy groups -OCH3 is 1. The molecule has 0 aliphatic carbocycles. The average molecular weight is 290 g/mol. The van der Waals surface area contributed by atoms with Gasteiger partial charge < -0.3 is 14.4 Å². The van der Waals surface area contributed by atoms with Crippen molar-refractivity contribution >= 4 is 17.0 Å². The average Bonchev–Trinajstić information content (AvgIpc) is 2.77. The zero-order valence-corrected chi connectivity index (χ0v) is 13.0. The highest BCUT2D eigenvalue weighted by Gasteiger charge is 2.23. The van der Waals surface area contributed by atoms with Crippen LogP contribution < -0.4 is 0 Å². The van der Waals surface area contributed by atoms with E-state index in [9.17, 15) is 4.79 Å². The third-order valence-corrected chi connectivity index (χ3v) is 3.40. The highest BCUT2D eigenvalue weighted by Crippen LogP contribution is 2.27. The van der Waals surface area contributed by atoms with Gasteiger partial charge in [-0.2, -0.15) is 0 Å². The first-order valence-corrected chi connectivity index (χ1v) is 7.07. The van der Waals surface area contributed by atoms with Gasteiger partial charge in [-0.05, 0) is 24.6 Å². The van der Waals surface area contributed by atoms with Crippen molar-refractivity contribution in [1.29, 1.82) is 0 Å². The van der Waals surface area contributed by atoms with Gasteiger partial charge in [0.2, 0.25) is 0 Å². The second-order valence-corrected chi connectivity index (χ2v) is 6.19. The Morgan fingerprint density at radius 3 is 2.67 bits per heavy atom. The Bertz CT molecular complexity index is 653. The van der Waals surface area contributed by atoms with Crippen LogP contribution in [0.5, 0.6) is 0 Å². The van der Waals surface area contributed by atoms with E-state index in [-0.39, 0.29) is 11.0 Å². The van der Waals surface area contributed by atoms with E-state index in [2.05, 4.69) is 25.3 Å². The third kappa shape index (κ3) is 3.24. The maximum absolute atomic E-state index is 11.2. The molecule has 0 amide bonds. The summed E-state index contributed by atoms with van der Waals surface area (Å²) in [7, 11) is 1.68. The van der Waals surface area contributed by atoms with Crippen LogP contribution in [0, 0.1) is 0 Å². The number of aromatic nitrogens is 2. The van der Waals surface area contributed by atoms with Crippen LogP contribution in [0.4, 0.5) is 0 Å². The first-order chi connectivity index (χ1) is 9.84. The molecule has 0 unspecified atom stereocenters. The van der Waals surface area contributed by atoms with Gasteiger partial charge >= 0.3 is 5.97 Å². The van der Waals surface area contributed by atoms with Crippen molar-refractivity contribution in [3.05, 3.63) is 29.6 Å². The maximum atomic E-state index is 11.2. The summed E-state index contributed by atoms with van der Waals surface area (Å²) in [6, 6.07) is 5.08. The molecule has 0 atom stereocenters. The van der Waals surface area contributed by atoms with Gasteiger partial charge in [0.05, 0.1) is 16.6 Å². The SMILES string of the molecule is COCCCn1c(C(C)(C)C)nc2ccc(C(=O)O)cc21. The van der Waals surface area contributed by atoms with Gasteiger partial charge in [-0.15, -0.1) is 0 Å². The predicted molar refractivity (Wildman–Crippen MR) is 81.9 cm³/mol. The standard InChI is InChI=1S/C16H22N2O3/c1-16(2,3)15-17-12-7-6-11(14(19)20)10-13(12)18(15)8-5-9-21-4/h6-7,10H,5,8-9H2,1-4H3,(H,19,20). The lowest BCUT2D eigenvalue weighted by Crippen LogP contribution is -2.19. The summed E-state index contributed by atoms with van der Waals surface area (Å²) < 4.78 is 7.22. The van der Waals surface area contributed by atoms with Crippen LogP contribution >= 0.6 is 0 Å². The van der Waals surface area contributed by atoms with E-state index >= 15 is 0 Å². The molecule has 0 aliphatic rings. The molecule has 0 fully saturated rings. The molecule has 2 aromatic rings. The number of rotatable bonds is 5. The highest BCUT2D eigenvalue weighted by molar-refractivity contribution is 5.92. The Kier molecular flexibility index (Phi) is 4.32. The molecule has 0 aliphatic heterocycles. The molecule has 0 spiro atoms. The van der Waals surface area contributed by atoms with Gasteiger partial charge in [0.1, 0.15) is 5.82 Å². The van der Waals surface area contributed by atoms with Gasteiger partial charge in [0, 0.05) is 25.7 Å². The molecule has 5 nitrogen and oxygen atoms in total. The Morgan fingerprint density at radius 1 is 1.38 bits per heavy atom. The topological polar surface area (TPSA) is 64.4 Å². The van der Waals surface area contributed by atoms with Gasteiger partial charge in [-0.25, -0.2) is 9.78 Å². The zero-order valence-electron chi connectivity index (χ0n) is 13.0. The molecular formula is C16H22N2O3. The second kappa shape index (κ2) is 5.85. The molecular weight excluding hydrogens is 268 g/mol. The summed E-state index contributed by atoms with van der Waals surface area (Å²) in [5.74, 6) is 0.0509. The van der Waals surface area contributed by atoms with Crippen LogP contribution in [0.3, 0.4) is 0 Å². The van der Waals surface area contributed by atoms with Crippen LogP contribution in [-0.4, -0.2) is 34.3 Å². The van der Waals surface area contributed by atoms with Crippen molar-refractivity contribution in [3.8, 4) is 0 Å². The fourth-order valence-corrected chi connectivity index (χ4v) is 2.42. The van der Waals surface area contributed by atoms with Crippen molar-refractivity contribution in [2.45, 2.75) is 39.2 Å². The number of nitrogens with zero attached hydrogens (tertiary/aromatic N) is 2. The minimum absolute atomic E-state index is 0.102. The van der Waals surface area contributed by atoms with Gasteiger partial charge in [0.15, 0.2) is 0 Å². The Labute approximate surface area is 124 Å². The molecule has 0 saturated carbocycles. The molecule has 1 aromatic heterocycles. The monoisotopic (exact) mass is 290 g/mol. The van der Waals surface area contributed by atoms with Crippen LogP contribution in [-0.2, 0) is 16.7 Å². The Balaban J connectivity index is 2.56. The fourth-order valence-electron chi connectivity index (χ4n) is 2.42. The van der Waals surface area contributed by atoms with E-state index in [1.807, 2.05) is 0 Å². The molecule has 21 heavy (non-hydrogen) atoms. The normalized spacial score (nSPS) is 12.0. The van der Waals surface area contributed by atoms with Gasteiger partial charge in [-0.3, -0.25) is 0 Å². The van der Waals surface area contributed by atoms with E-state index in [0.29, 0.717) is 6.61 Å². The molecule has 0 radical (unpaired) electrons. The minimum Gasteiger partial charge on any atom is -0.478 e. The summed E-state index contributed by atoms with van der Waals surface area (Å²) in [5, 5.41) is 9.17. The molecule has 1 aromatic carbocycles.